The second-order valence-corrected chi connectivity index (χ2v) is 5.16. The van der Waals surface area contributed by atoms with Crippen LogP contribution in [0.25, 0.3) is 0 Å². The summed E-state index contributed by atoms with van der Waals surface area (Å²) >= 11 is 3.49. The van der Waals surface area contributed by atoms with Crippen molar-refractivity contribution in [1.29, 1.82) is 0 Å². The van der Waals surface area contributed by atoms with Gasteiger partial charge in [0.2, 0.25) is 0 Å². The first-order chi connectivity index (χ1) is 7.69. The molecule has 1 heterocycles. The van der Waals surface area contributed by atoms with Crippen molar-refractivity contribution in [3.05, 3.63) is 28.2 Å². The molecule has 0 spiro atoms. The third kappa shape index (κ3) is 2.75. The smallest absolute Gasteiger partial charge is 0.123 e. The van der Waals surface area contributed by atoms with Crippen molar-refractivity contribution in [2.45, 2.75) is 19.0 Å². The molecule has 2 rings (SSSR count). The third-order valence-corrected chi connectivity index (χ3v) is 3.44. The zero-order valence-electron chi connectivity index (χ0n) is 9.45. The maximum atomic E-state index is 5.90. The molecule has 1 saturated heterocycles. The van der Waals surface area contributed by atoms with Crippen molar-refractivity contribution >= 4 is 15.9 Å². The maximum absolute atomic E-state index is 5.90. The second kappa shape index (κ2) is 5.17. The van der Waals surface area contributed by atoms with Gasteiger partial charge in [-0.3, -0.25) is 4.90 Å². The van der Waals surface area contributed by atoms with E-state index in [1.54, 1.807) is 7.11 Å². The van der Waals surface area contributed by atoms with Gasteiger partial charge in [0.15, 0.2) is 0 Å². The van der Waals surface area contributed by atoms with Gasteiger partial charge in [0, 0.05) is 35.7 Å². The van der Waals surface area contributed by atoms with Gasteiger partial charge >= 0.3 is 0 Å². The van der Waals surface area contributed by atoms with Crippen LogP contribution in [0.4, 0.5) is 0 Å². The van der Waals surface area contributed by atoms with Crippen molar-refractivity contribution in [2.75, 3.05) is 20.2 Å². The molecule has 1 fully saturated rings. The molecule has 1 atom stereocenters. The number of likely N-dealkylation sites (tertiary alicyclic amines) is 1. The molecule has 4 heteroatoms. The summed E-state index contributed by atoms with van der Waals surface area (Å²) < 4.78 is 6.45. The molecule has 0 radical (unpaired) electrons. The van der Waals surface area contributed by atoms with E-state index in [-0.39, 0.29) is 0 Å². The van der Waals surface area contributed by atoms with E-state index >= 15 is 0 Å². The Bertz CT molecular complexity index is 370. The highest BCUT2D eigenvalue weighted by molar-refractivity contribution is 9.10. The molecule has 1 aliphatic heterocycles. The summed E-state index contributed by atoms with van der Waals surface area (Å²) in [5.41, 5.74) is 7.11. The van der Waals surface area contributed by atoms with Crippen molar-refractivity contribution in [3.8, 4) is 5.75 Å². The Morgan fingerprint density at radius 3 is 3.00 bits per heavy atom. The van der Waals surface area contributed by atoms with Gasteiger partial charge in [-0.1, -0.05) is 15.9 Å². The Kier molecular flexibility index (Phi) is 3.84. The first-order valence-corrected chi connectivity index (χ1v) is 6.28. The van der Waals surface area contributed by atoms with E-state index in [2.05, 4.69) is 26.9 Å². The summed E-state index contributed by atoms with van der Waals surface area (Å²) in [4.78, 5) is 2.37. The van der Waals surface area contributed by atoms with Crippen LogP contribution in [-0.2, 0) is 6.54 Å². The van der Waals surface area contributed by atoms with Crippen molar-refractivity contribution in [2.24, 2.45) is 5.73 Å². The minimum Gasteiger partial charge on any atom is -0.496 e. The molecular weight excluding hydrogens is 268 g/mol. The summed E-state index contributed by atoms with van der Waals surface area (Å²) in [6.07, 6.45) is 1.09. The number of benzene rings is 1. The summed E-state index contributed by atoms with van der Waals surface area (Å²) in [5.74, 6) is 0.948. The average molecular weight is 285 g/mol. The number of hydrogen-bond acceptors (Lipinski definition) is 3. The van der Waals surface area contributed by atoms with Gasteiger partial charge in [0.05, 0.1) is 7.11 Å². The van der Waals surface area contributed by atoms with Crippen molar-refractivity contribution in [1.82, 2.24) is 4.90 Å². The molecule has 1 aromatic carbocycles. The van der Waals surface area contributed by atoms with Crippen LogP contribution in [0, 0.1) is 0 Å². The van der Waals surface area contributed by atoms with Gasteiger partial charge < -0.3 is 10.5 Å². The van der Waals surface area contributed by atoms with Gasteiger partial charge in [0.1, 0.15) is 5.75 Å². The number of ether oxygens (including phenoxy) is 1. The maximum Gasteiger partial charge on any atom is 0.123 e. The standard InChI is InChI=1S/C12H17BrN2O/c1-16-12-3-2-10(13)6-9(12)7-15-5-4-11(14)8-15/h2-3,6,11H,4-5,7-8,14H2,1H3/t11-/m1/s1. The molecule has 0 bridgehead atoms. The monoisotopic (exact) mass is 284 g/mol. The normalized spacial score (nSPS) is 21.3. The Labute approximate surface area is 105 Å². The lowest BCUT2D eigenvalue weighted by Crippen LogP contribution is -2.26. The highest BCUT2D eigenvalue weighted by atomic mass is 79.9. The minimum atomic E-state index is 0.332. The fourth-order valence-electron chi connectivity index (χ4n) is 2.12. The summed E-state index contributed by atoms with van der Waals surface area (Å²) in [5, 5.41) is 0. The number of hydrogen-bond donors (Lipinski definition) is 1. The lowest BCUT2D eigenvalue weighted by molar-refractivity contribution is 0.317. The van der Waals surface area contributed by atoms with Crippen molar-refractivity contribution in [3.63, 3.8) is 0 Å². The minimum absolute atomic E-state index is 0.332. The zero-order valence-corrected chi connectivity index (χ0v) is 11.0. The van der Waals surface area contributed by atoms with Crippen molar-refractivity contribution < 1.29 is 4.74 Å². The van der Waals surface area contributed by atoms with Crippen LogP contribution in [-0.4, -0.2) is 31.1 Å². The second-order valence-electron chi connectivity index (χ2n) is 4.24. The van der Waals surface area contributed by atoms with E-state index in [0.29, 0.717) is 6.04 Å². The fourth-order valence-corrected chi connectivity index (χ4v) is 2.53. The quantitative estimate of drug-likeness (QED) is 0.923. The van der Waals surface area contributed by atoms with Gasteiger partial charge in [0.25, 0.3) is 0 Å². The number of nitrogens with zero attached hydrogens (tertiary/aromatic N) is 1. The van der Waals surface area contributed by atoms with Crippen LogP contribution in [0.1, 0.15) is 12.0 Å². The molecule has 0 aromatic heterocycles. The van der Waals surface area contributed by atoms with Gasteiger partial charge in [-0.2, -0.15) is 0 Å². The van der Waals surface area contributed by atoms with E-state index < -0.39 is 0 Å². The Morgan fingerprint density at radius 2 is 2.38 bits per heavy atom. The SMILES string of the molecule is COc1ccc(Br)cc1CN1CC[C@@H](N)C1. The number of halogens is 1. The fraction of sp³-hybridized carbons (Fsp3) is 0.500. The molecule has 0 amide bonds. The Balaban J connectivity index is 2.10. The highest BCUT2D eigenvalue weighted by Gasteiger charge is 2.20. The first kappa shape index (κ1) is 11.9. The molecule has 16 heavy (non-hydrogen) atoms. The topological polar surface area (TPSA) is 38.5 Å². The van der Waals surface area contributed by atoms with Crippen LogP contribution in [0.2, 0.25) is 0 Å². The molecule has 1 aliphatic rings. The van der Waals surface area contributed by atoms with E-state index in [1.165, 1.54) is 5.56 Å². The van der Waals surface area contributed by atoms with Crippen LogP contribution < -0.4 is 10.5 Å². The Hall–Kier alpha value is -0.580. The molecule has 88 valence electrons. The lowest BCUT2D eigenvalue weighted by Gasteiger charge is -2.17. The van der Waals surface area contributed by atoms with E-state index in [1.807, 2.05) is 12.1 Å². The van der Waals surface area contributed by atoms with Gasteiger partial charge in [-0.05, 0) is 24.6 Å². The molecule has 1 aromatic rings. The van der Waals surface area contributed by atoms with Gasteiger partial charge in [-0.25, -0.2) is 0 Å². The number of rotatable bonds is 3. The average Bonchev–Trinajstić information content (AvgIpc) is 2.64. The Morgan fingerprint density at radius 1 is 1.56 bits per heavy atom. The molecule has 0 unspecified atom stereocenters. The first-order valence-electron chi connectivity index (χ1n) is 5.49. The zero-order chi connectivity index (χ0) is 11.5. The highest BCUT2D eigenvalue weighted by Crippen LogP contribution is 2.25. The van der Waals surface area contributed by atoms with Crippen LogP contribution in [0.5, 0.6) is 5.75 Å². The van der Waals surface area contributed by atoms with Crippen LogP contribution >= 0.6 is 15.9 Å². The van der Waals surface area contributed by atoms with Gasteiger partial charge in [-0.15, -0.1) is 0 Å². The summed E-state index contributed by atoms with van der Waals surface area (Å²) in [7, 11) is 1.71. The summed E-state index contributed by atoms with van der Waals surface area (Å²) in [6, 6.07) is 6.44. The van der Waals surface area contributed by atoms with E-state index in [4.69, 9.17) is 10.5 Å². The molecule has 0 saturated carbocycles. The number of nitrogens with two attached hydrogens (primary N) is 1. The molecule has 2 N–H and O–H groups in total. The predicted molar refractivity (Wildman–Crippen MR) is 68.6 cm³/mol. The largest absolute Gasteiger partial charge is 0.496 e. The van der Waals surface area contributed by atoms with E-state index in [0.717, 1.165) is 36.3 Å². The summed E-state index contributed by atoms with van der Waals surface area (Å²) in [6.45, 7) is 2.98. The molecular formula is C12H17BrN2O. The van der Waals surface area contributed by atoms with E-state index in [9.17, 15) is 0 Å². The third-order valence-electron chi connectivity index (χ3n) is 2.95. The number of methoxy groups -OCH3 is 1. The predicted octanol–water partition coefficient (Wildman–Crippen LogP) is 1.99. The molecule has 0 aliphatic carbocycles. The lowest BCUT2D eigenvalue weighted by atomic mass is 10.2. The van der Waals surface area contributed by atoms with Crippen LogP contribution in [0.3, 0.4) is 0 Å². The molecule has 3 nitrogen and oxygen atoms in total. The van der Waals surface area contributed by atoms with Crippen LogP contribution in [0.15, 0.2) is 22.7 Å².